The Hall–Kier alpha value is -1.65. The van der Waals surface area contributed by atoms with E-state index in [1.807, 2.05) is 10.8 Å². The fourth-order valence-electron chi connectivity index (χ4n) is 2.42. The number of hydrogen-bond donors (Lipinski definition) is 1. The SMILES string of the molecule is CC(=O)CC(=O)NC1CCCC1n1ccnc1. The van der Waals surface area contributed by atoms with Crippen molar-refractivity contribution in [1.82, 2.24) is 14.9 Å². The topological polar surface area (TPSA) is 64.0 Å². The van der Waals surface area contributed by atoms with Crippen LogP contribution in [0.15, 0.2) is 18.7 Å². The van der Waals surface area contributed by atoms with Gasteiger partial charge in [0.2, 0.25) is 5.91 Å². The Morgan fingerprint density at radius 1 is 1.47 bits per heavy atom. The van der Waals surface area contributed by atoms with E-state index in [1.165, 1.54) is 6.92 Å². The molecule has 1 aromatic heterocycles. The predicted octanol–water partition coefficient (Wildman–Crippen LogP) is 1.07. The summed E-state index contributed by atoms with van der Waals surface area (Å²) in [5.74, 6) is -0.269. The Morgan fingerprint density at radius 2 is 2.29 bits per heavy atom. The van der Waals surface area contributed by atoms with Crippen LogP contribution >= 0.6 is 0 Å². The lowest BCUT2D eigenvalue weighted by Crippen LogP contribution is -2.38. The standard InChI is InChI=1S/C12H17N3O2/c1-9(16)7-12(17)14-10-3-2-4-11(10)15-6-5-13-8-15/h5-6,8,10-11H,2-4,7H2,1H3,(H,14,17). The third-order valence-electron chi connectivity index (χ3n) is 3.14. The number of ketones is 1. The summed E-state index contributed by atoms with van der Waals surface area (Å²) < 4.78 is 2.03. The lowest BCUT2D eigenvalue weighted by atomic mass is 10.1. The zero-order chi connectivity index (χ0) is 12.3. The molecule has 1 saturated carbocycles. The Kier molecular flexibility index (Phi) is 3.56. The molecule has 5 heteroatoms. The van der Waals surface area contributed by atoms with Crippen LogP contribution in [0.25, 0.3) is 0 Å². The van der Waals surface area contributed by atoms with Crippen molar-refractivity contribution < 1.29 is 9.59 Å². The molecule has 0 bridgehead atoms. The number of nitrogens with zero attached hydrogens (tertiary/aromatic N) is 2. The molecule has 0 aliphatic heterocycles. The van der Waals surface area contributed by atoms with Crippen molar-refractivity contribution in [2.75, 3.05) is 0 Å². The molecule has 1 N–H and O–H groups in total. The Balaban J connectivity index is 1.96. The van der Waals surface area contributed by atoms with Gasteiger partial charge in [-0.3, -0.25) is 9.59 Å². The van der Waals surface area contributed by atoms with Crippen molar-refractivity contribution in [3.8, 4) is 0 Å². The Labute approximate surface area is 100 Å². The van der Waals surface area contributed by atoms with Gasteiger partial charge in [-0.15, -0.1) is 0 Å². The summed E-state index contributed by atoms with van der Waals surface area (Å²) in [5, 5.41) is 2.94. The maximum Gasteiger partial charge on any atom is 0.227 e. The van der Waals surface area contributed by atoms with Crippen molar-refractivity contribution >= 4 is 11.7 Å². The zero-order valence-corrected chi connectivity index (χ0v) is 9.93. The van der Waals surface area contributed by atoms with Crippen LogP contribution in [0, 0.1) is 0 Å². The van der Waals surface area contributed by atoms with Crippen LogP contribution in [0.1, 0.15) is 38.6 Å². The summed E-state index contributed by atoms with van der Waals surface area (Å²) in [7, 11) is 0. The number of amides is 1. The fraction of sp³-hybridized carbons (Fsp3) is 0.583. The molecule has 2 atom stereocenters. The van der Waals surface area contributed by atoms with Crippen molar-refractivity contribution in [2.24, 2.45) is 0 Å². The van der Waals surface area contributed by atoms with Crippen LogP contribution in [0.4, 0.5) is 0 Å². The number of hydrogen-bond acceptors (Lipinski definition) is 3. The van der Waals surface area contributed by atoms with Crippen LogP contribution in [-0.2, 0) is 9.59 Å². The Bertz CT molecular complexity index is 400. The van der Waals surface area contributed by atoms with Crippen molar-refractivity contribution in [3.05, 3.63) is 18.7 Å². The first-order valence-corrected chi connectivity index (χ1v) is 5.93. The minimum Gasteiger partial charge on any atom is -0.351 e. The second-order valence-corrected chi connectivity index (χ2v) is 4.56. The first kappa shape index (κ1) is 11.8. The van der Waals surface area contributed by atoms with Gasteiger partial charge in [0.15, 0.2) is 0 Å². The summed E-state index contributed by atoms with van der Waals surface area (Å²) in [6.45, 7) is 1.43. The molecule has 1 fully saturated rings. The molecule has 5 nitrogen and oxygen atoms in total. The van der Waals surface area contributed by atoms with E-state index in [9.17, 15) is 9.59 Å². The van der Waals surface area contributed by atoms with Crippen molar-refractivity contribution in [2.45, 2.75) is 44.7 Å². The third-order valence-corrected chi connectivity index (χ3v) is 3.14. The molecule has 0 aromatic carbocycles. The molecule has 0 saturated heterocycles. The van der Waals surface area contributed by atoms with E-state index >= 15 is 0 Å². The second kappa shape index (κ2) is 5.12. The summed E-state index contributed by atoms with van der Waals surface area (Å²) in [4.78, 5) is 26.5. The van der Waals surface area contributed by atoms with Crippen LogP contribution < -0.4 is 5.32 Å². The van der Waals surface area contributed by atoms with Gasteiger partial charge in [0, 0.05) is 18.4 Å². The minimum absolute atomic E-state index is 0.0207. The first-order valence-electron chi connectivity index (χ1n) is 5.93. The first-order chi connectivity index (χ1) is 8.16. The monoisotopic (exact) mass is 235 g/mol. The van der Waals surface area contributed by atoms with Gasteiger partial charge in [0.25, 0.3) is 0 Å². The maximum atomic E-state index is 11.6. The van der Waals surface area contributed by atoms with Gasteiger partial charge in [0.1, 0.15) is 5.78 Å². The molecule has 1 heterocycles. The number of nitrogens with one attached hydrogen (secondary N) is 1. The van der Waals surface area contributed by atoms with Gasteiger partial charge in [-0.25, -0.2) is 4.98 Å². The molecule has 1 aliphatic carbocycles. The molecule has 2 unspecified atom stereocenters. The number of imidazole rings is 1. The third kappa shape index (κ3) is 2.93. The highest BCUT2D eigenvalue weighted by atomic mass is 16.2. The van der Waals surface area contributed by atoms with Gasteiger partial charge < -0.3 is 9.88 Å². The van der Waals surface area contributed by atoms with Crippen LogP contribution in [-0.4, -0.2) is 27.3 Å². The summed E-state index contributed by atoms with van der Waals surface area (Å²) >= 11 is 0. The molecule has 2 rings (SSSR count). The van der Waals surface area contributed by atoms with E-state index in [0.29, 0.717) is 0 Å². The normalized spacial score (nSPS) is 23.6. The largest absolute Gasteiger partial charge is 0.351 e. The zero-order valence-electron chi connectivity index (χ0n) is 9.93. The van der Waals surface area contributed by atoms with Crippen molar-refractivity contribution in [1.29, 1.82) is 0 Å². The molecule has 1 aromatic rings. The highest BCUT2D eigenvalue weighted by Crippen LogP contribution is 2.29. The highest BCUT2D eigenvalue weighted by molar-refractivity contribution is 5.96. The molecule has 1 amide bonds. The number of carbonyl (C=O) groups is 2. The van der Waals surface area contributed by atoms with E-state index in [2.05, 4.69) is 10.3 Å². The van der Waals surface area contributed by atoms with Gasteiger partial charge >= 0.3 is 0 Å². The maximum absolute atomic E-state index is 11.6. The molecule has 17 heavy (non-hydrogen) atoms. The summed E-state index contributed by atoms with van der Waals surface area (Å²) in [6, 6.07) is 0.393. The van der Waals surface area contributed by atoms with Crippen LogP contribution in [0.3, 0.4) is 0 Å². The van der Waals surface area contributed by atoms with E-state index in [4.69, 9.17) is 0 Å². The van der Waals surface area contributed by atoms with Gasteiger partial charge in [-0.05, 0) is 26.2 Å². The second-order valence-electron chi connectivity index (χ2n) is 4.56. The lowest BCUT2D eigenvalue weighted by Gasteiger charge is -2.21. The lowest BCUT2D eigenvalue weighted by molar-refractivity contribution is -0.127. The molecular weight excluding hydrogens is 218 g/mol. The summed E-state index contributed by atoms with van der Waals surface area (Å²) in [6.07, 6.45) is 8.52. The fourth-order valence-corrected chi connectivity index (χ4v) is 2.42. The Morgan fingerprint density at radius 3 is 2.94 bits per heavy atom. The number of aromatic nitrogens is 2. The summed E-state index contributed by atoms with van der Waals surface area (Å²) in [5.41, 5.74) is 0. The molecular formula is C12H17N3O2. The average Bonchev–Trinajstić information content (AvgIpc) is 2.84. The van der Waals surface area contributed by atoms with E-state index in [-0.39, 0.29) is 30.2 Å². The molecule has 0 radical (unpaired) electrons. The van der Waals surface area contributed by atoms with Crippen molar-refractivity contribution in [3.63, 3.8) is 0 Å². The number of rotatable bonds is 4. The van der Waals surface area contributed by atoms with E-state index in [0.717, 1.165) is 19.3 Å². The average molecular weight is 235 g/mol. The highest BCUT2D eigenvalue weighted by Gasteiger charge is 2.29. The van der Waals surface area contributed by atoms with Gasteiger partial charge in [-0.2, -0.15) is 0 Å². The van der Waals surface area contributed by atoms with Crippen LogP contribution in [0.2, 0.25) is 0 Å². The van der Waals surface area contributed by atoms with Gasteiger partial charge in [0.05, 0.1) is 18.8 Å². The van der Waals surface area contributed by atoms with Crippen LogP contribution in [0.5, 0.6) is 0 Å². The molecule has 0 spiro atoms. The van der Waals surface area contributed by atoms with E-state index in [1.54, 1.807) is 12.5 Å². The van der Waals surface area contributed by atoms with Gasteiger partial charge in [-0.1, -0.05) is 0 Å². The molecule has 1 aliphatic rings. The number of carbonyl (C=O) groups excluding carboxylic acids is 2. The molecule has 92 valence electrons. The smallest absolute Gasteiger partial charge is 0.227 e. The van der Waals surface area contributed by atoms with E-state index < -0.39 is 0 Å². The predicted molar refractivity (Wildman–Crippen MR) is 62.3 cm³/mol. The number of Topliss-reactive ketones (excluding diaryl/α,β-unsaturated/α-hetero) is 1. The minimum atomic E-state index is -0.172. The quantitative estimate of drug-likeness (QED) is 0.794.